The van der Waals surface area contributed by atoms with Crippen molar-refractivity contribution in [3.63, 3.8) is 0 Å². The van der Waals surface area contributed by atoms with E-state index in [1.165, 1.54) is 0 Å². The molecule has 1 aromatic rings. The molecule has 0 aromatic carbocycles. The molecular weight excluding hydrogens is 284 g/mol. The molecule has 0 unspecified atom stereocenters. The van der Waals surface area contributed by atoms with E-state index in [0.717, 1.165) is 17.6 Å². The van der Waals surface area contributed by atoms with Crippen molar-refractivity contribution in [3.8, 4) is 6.07 Å². The summed E-state index contributed by atoms with van der Waals surface area (Å²) in [7, 11) is 1.67. The van der Waals surface area contributed by atoms with Crippen LogP contribution >= 0.6 is 15.9 Å². The van der Waals surface area contributed by atoms with Gasteiger partial charge in [-0.1, -0.05) is 0 Å². The van der Waals surface area contributed by atoms with Crippen molar-refractivity contribution < 1.29 is 4.74 Å². The van der Waals surface area contributed by atoms with Crippen molar-refractivity contribution >= 4 is 21.7 Å². The van der Waals surface area contributed by atoms with E-state index in [2.05, 4.69) is 37.6 Å². The van der Waals surface area contributed by atoms with Gasteiger partial charge in [-0.2, -0.15) is 5.26 Å². The fourth-order valence-electron chi connectivity index (χ4n) is 1.23. The lowest BCUT2D eigenvalue weighted by Crippen LogP contribution is -2.25. The first-order valence-corrected chi connectivity index (χ1v) is 6.06. The van der Waals surface area contributed by atoms with Gasteiger partial charge in [-0.3, -0.25) is 0 Å². The second-order valence-electron chi connectivity index (χ2n) is 3.33. The standard InChI is InChI=1S/C11H15BrN4O/c1-17-5-4-14-2-3-15-11-9(7-13)6-10(12)8-16-11/h6,8,14H,2-5H2,1H3,(H,15,16). The lowest BCUT2D eigenvalue weighted by Gasteiger charge is -2.08. The first kappa shape index (κ1) is 13.9. The van der Waals surface area contributed by atoms with Crippen molar-refractivity contribution in [2.45, 2.75) is 0 Å². The maximum absolute atomic E-state index is 8.93. The van der Waals surface area contributed by atoms with Gasteiger partial charge in [0, 0.05) is 37.4 Å². The van der Waals surface area contributed by atoms with Gasteiger partial charge >= 0.3 is 0 Å². The van der Waals surface area contributed by atoms with Crippen LogP contribution in [0.1, 0.15) is 5.56 Å². The topological polar surface area (TPSA) is 70.0 Å². The number of anilines is 1. The average molecular weight is 299 g/mol. The molecule has 0 radical (unpaired) electrons. The molecular formula is C11H15BrN4O. The maximum atomic E-state index is 8.93. The fraction of sp³-hybridized carbons (Fsp3) is 0.455. The Kier molecular flexibility index (Phi) is 6.55. The van der Waals surface area contributed by atoms with Crippen LogP contribution in [0.5, 0.6) is 0 Å². The number of pyridine rings is 1. The van der Waals surface area contributed by atoms with E-state index in [9.17, 15) is 0 Å². The molecule has 0 saturated carbocycles. The SMILES string of the molecule is COCCNCCNc1ncc(Br)cc1C#N. The monoisotopic (exact) mass is 298 g/mol. The molecule has 0 saturated heterocycles. The van der Waals surface area contributed by atoms with Gasteiger partial charge in [0.25, 0.3) is 0 Å². The van der Waals surface area contributed by atoms with Gasteiger partial charge in [-0.15, -0.1) is 0 Å². The Morgan fingerprint density at radius 3 is 3.00 bits per heavy atom. The molecule has 2 N–H and O–H groups in total. The number of nitrogens with one attached hydrogen (secondary N) is 2. The zero-order valence-corrected chi connectivity index (χ0v) is 11.2. The Labute approximate surface area is 109 Å². The summed E-state index contributed by atoms with van der Waals surface area (Å²) in [4.78, 5) is 4.15. The van der Waals surface area contributed by atoms with Crippen LogP contribution in [0.3, 0.4) is 0 Å². The van der Waals surface area contributed by atoms with Crippen LogP contribution in [0.2, 0.25) is 0 Å². The third kappa shape index (κ3) is 5.13. The number of halogens is 1. The number of hydrogen-bond acceptors (Lipinski definition) is 5. The molecule has 1 heterocycles. The molecule has 5 nitrogen and oxygen atoms in total. The Hall–Kier alpha value is -1.16. The second kappa shape index (κ2) is 8.01. The number of aromatic nitrogens is 1. The summed E-state index contributed by atoms with van der Waals surface area (Å²) >= 11 is 3.28. The molecule has 17 heavy (non-hydrogen) atoms. The summed E-state index contributed by atoms with van der Waals surface area (Å²) in [6.45, 7) is 3.02. The van der Waals surface area contributed by atoms with Gasteiger partial charge in [-0.25, -0.2) is 4.98 Å². The number of hydrogen-bond donors (Lipinski definition) is 2. The van der Waals surface area contributed by atoms with Crippen molar-refractivity contribution in [1.82, 2.24) is 10.3 Å². The Balaban J connectivity index is 2.34. The molecule has 0 amide bonds. The van der Waals surface area contributed by atoms with Crippen molar-refractivity contribution in [2.75, 3.05) is 38.7 Å². The van der Waals surface area contributed by atoms with Gasteiger partial charge in [0.15, 0.2) is 0 Å². The van der Waals surface area contributed by atoms with Gasteiger partial charge in [0.05, 0.1) is 12.2 Å². The minimum Gasteiger partial charge on any atom is -0.383 e. The quantitative estimate of drug-likeness (QED) is 0.744. The zero-order chi connectivity index (χ0) is 12.5. The highest BCUT2D eigenvalue weighted by atomic mass is 79.9. The van der Waals surface area contributed by atoms with Gasteiger partial charge < -0.3 is 15.4 Å². The molecule has 0 aliphatic heterocycles. The molecule has 0 aliphatic rings. The van der Waals surface area contributed by atoms with E-state index >= 15 is 0 Å². The first-order valence-electron chi connectivity index (χ1n) is 5.27. The van der Waals surface area contributed by atoms with Crippen LogP contribution in [0.25, 0.3) is 0 Å². The van der Waals surface area contributed by atoms with E-state index < -0.39 is 0 Å². The van der Waals surface area contributed by atoms with E-state index in [0.29, 0.717) is 24.5 Å². The van der Waals surface area contributed by atoms with Gasteiger partial charge in [0.1, 0.15) is 11.9 Å². The van der Waals surface area contributed by atoms with Crippen LogP contribution in [0, 0.1) is 11.3 Å². The van der Waals surface area contributed by atoms with Crippen LogP contribution in [-0.4, -0.2) is 38.3 Å². The number of methoxy groups -OCH3 is 1. The third-order valence-corrected chi connectivity index (χ3v) is 2.49. The summed E-state index contributed by atoms with van der Waals surface area (Å²) in [6.07, 6.45) is 1.67. The van der Waals surface area contributed by atoms with Crippen LogP contribution in [0.4, 0.5) is 5.82 Å². The average Bonchev–Trinajstić information content (AvgIpc) is 2.35. The Morgan fingerprint density at radius 2 is 2.29 bits per heavy atom. The summed E-state index contributed by atoms with van der Waals surface area (Å²) in [5.41, 5.74) is 0.538. The van der Waals surface area contributed by atoms with Gasteiger partial charge in [0.2, 0.25) is 0 Å². The molecule has 0 spiro atoms. The molecule has 92 valence electrons. The summed E-state index contributed by atoms with van der Waals surface area (Å²) < 4.78 is 5.72. The highest BCUT2D eigenvalue weighted by Crippen LogP contribution is 2.16. The summed E-state index contributed by atoms with van der Waals surface area (Å²) in [5, 5.41) is 15.2. The highest BCUT2D eigenvalue weighted by molar-refractivity contribution is 9.10. The van der Waals surface area contributed by atoms with Crippen molar-refractivity contribution in [1.29, 1.82) is 5.26 Å². The smallest absolute Gasteiger partial charge is 0.144 e. The second-order valence-corrected chi connectivity index (χ2v) is 4.25. The predicted molar refractivity (Wildman–Crippen MR) is 69.9 cm³/mol. The first-order chi connectivity index (χ1) is 8.27. The minimum atomic E-state index is 0.538. The maximum Gasteiger partial charge on any atom is 0.144 e. The molecule has 0 aliphatic carbocycles. The molecule has 0 fully saturated rings. The van der Waals surface area contributed by atoms with Gasteiger partial charge in [-0.05, 0) is 22.0 Å². The van der Waals surface area contributed by atoms with E-state index in [4.69, 9.17) is 10.00 Å². The largest absolute Gasteiger partial charge is 0.383 e. The molecule has 1 aromatic heterocycles. The summed E-state index contributed by atoms with van der Waals surface area (Å²) in [6, 6.07) is 3.85. The van der Waals surface area contributed by atoms with E-state index in [1.807, 2.05) is 0 Å². The lowest BCUT2D eigenvalue weighted by atomic mass is 10.3. The minimum absolute atomic E-state index is 0.538. The summed E-state index contributed by atoms with van der Waals surface area (Å²) in [5.74, 6) is 0.615. The lowest BCUT2D eigenvalue weighted by molar-refractivity contribution is 0.200. The van der Waals surface area contributed by atoms with Crippen molar-refractivity contribution in [2.24, 2.45) is 0 Å². The molecule has 0 atom stereocenters. The zero-order valence-electron chi connectivity index (χ0n) is 9.66. The number of rotatable bonds is 7. The van der Waals surface area contributed by atoms with Crippen LogP contribution in [0.15, 0.2) is 16.7 Å². The van der Waals surface area contributed by atoms with Crippen LogP contribution in [-0.2, 0) is 4.74 Å². The molecule has 0 bridgehead atoms. The Morgan fingerprint density at radius 1 is 1.47 bits per heavy atom. The van der Waals surface area contributed by atoms with Crippen LogP contribution < -0.4 is 10.6 Å². The van der Waals surface area contributed by atoms with Crippen molar-refractivity contribution in [3.05, 3.63) is 22.3 Å². The number of nitriles is 1. The molecule has 1 rings (SSSR count). The number of ether oxygens (including phenoxy) is 1. The highest BCUT2D eigenvalue weighted by Gasteiger charge is 2.03. The van der Waals surface area contributed by atoms with E-state index in [1.54, 1.807) is 19.4 Å². The molecule has 6 heteroatoms. The number of nitrogens with zero attached hydrogens (tertiary/aromatic N) is 2. The fourth-order valence-corrected chi connectivity index (χ4v) is 1.57. The van der Waals surface area contributed by atoms with E-state index in [-0.39, 0.29) is 0 Å². The third-order valence-electron chi connectivity index (χ3n) is 2.05. The normalized spacial score (nSPS) is 9.94. The Bertz CT molecular complexity index is 392. The predicted octanol–water partition coefficient (Wildman–Crippen LogP) is 1.36.